The number of fused-ring (bicyclic) bond motifs is 2. The SMILES string of the molecule is CC(=O)O[C@H]1CC/C(C)=C\[C@@H]2OC(=O)[C@H](C)[C@]2(O)[C@@H](OC(C)=O)[C@H]2[C@@H](C)[C@@H](O)C[C@H](OC(C)=O)[C@@]21C. The average molecular weight is 511 g/mol. The third-order valence-electron chi connectivity index (χ3n) is 8.41. The standard InChI is InChI=1S/C26H38O10/c1-12-8-9-19(33-15(4)27)25(7)20(34-16(5)28)11-18(30)13(2)22(25)23(35-17(6)29)26(32)14(3)24(31)36-21(26)10-12/h10,13-14,18-23,30,32H,8-9,11H2,1-7H3/b12-10-/t13-,14-,18-,19-,20-,21-,22+,23-,25-,26+/m0/s1. The third kappa shape index (κ3) is 4.77. The molecule has 1 heterocycles. The number of carbonyl (C=O) groups excluding carboxylic acids is 4. The van der Waals surface area contributed by atoms with E-state index in [1.165, 1.54) is 27.7 Å². The van der Waals surface area contributed by atoms with Crippen molar-refractivity contribution in [1.29, 1.82) is 0 Å². The lowest BCUT2D eigenvalue weighted by Gasteiger charge is -2.58. The molecule has 0 unspecified atom stereocenters. The molecule has 3 rings (SSSR count). The van der Waals surface area contributed by atoms with Gasteiger partial charge in [-0.1, -0.05) is 19.4 Å². The van der Waals surface area contributed by atoms with Crippen LogP contribution in [0.2, 0.25) is 0 Å². The fraction of sp³-hybridized carbons (Fsp3) is 0.769. The van der Waals surface area contributed by atoms with E-state index in [0.717, 1.165) is 5.57 Å². The van der Waals surface area contributed by atoms with Crippen LogP contribution >= 0.6 is 0 Å². The van der Waals surface area contributed by atoms with Crippen molar-refractivity contribution in [2.45, 2.75) is 104 Å². The Morgan fingerprint density at radius 2 is 1.58 bits per heavy atom. The minimum absolute atomic E-state index is 0.0555. The lowest BCUT2D eigenvalue weighted by molar-refractivity contribution is -0.250. The maximum absolute atomic E-state index is 12.7. The van der Waals surface area contributed by atoms with Gasteiger partial charge in [0.25, 0.3) is 0 Å². The number of carbonyl (C=O) groups is 4. The van der Waals surface area contributed by atoms with Crippen molar-refractivity contribution in [3.63, 3.8) is 0 Å². The highest BCUT2D eigenvalue weighted by molar-refractivity contribution is 5.77. The van der Waals surface area contributed by atoms with Gasteiger partial charge in [0.1, 0.15) is 18.3 Å². The van der Waals surface area contributed by atoms with Gasteiger partial charge in [-0.3, -0.25) is 19.2 Å². The van der Waals surface area contributed by atoms with Crippen LogP contribution in [0.15, 0.2) is 11.6 Å². The van der Waals surface area contributed by atoms with Gasteiger partial charge in [-0.05, 0) is 38.7 Å². The van der Waals surface area contributed by atoms with Crippen LogP contribution in [0.25, 0.3) is 0 Å². The maximum Gasteiger partial charge on any atom is 0.312 e. The molecule has 2 N–H and O–H groups in total. The molecule has 1 saturated carbocycles. The van der Waals surface area contributed by atoms with Gasteiger partial charge in [0.15, 0.2) is 11.7 Å². The second kappa shape index (κ2) is 10.1. The van der Waals surface area contributed by atoms with Crippen molar-refractivity contribution in [2.75, 3.05) is 0 Å². The Kier molecular flexibility index (Phi) is 7.91. The number of hydrogen-bond acceptors (Lipinski definition) is 10. The summed E-state index contributed by atoms with van der Waals surface area (Å²) >= 11 is 0. The molecule has 2 fully saturated rings. The quantitative estimate of drug-likeness (QED) is 0.328. The maximum atomic E-state index is 12.7. The molecular weight excluding hydrogens is 472 g/mol. The summed E-state index contributed by atoms with van der Waals surface area (Å²) in [4.78, 5) is 49.6. The van der Waals surface area contributed by atoms with E-state index in [4.69, 9.17) is 18.9 Å². The molecule has 10 heteroatoms. The molecule has 0 bridgehead atoms. The van der Waals surface area contributed by atoms with Crippen LogP contribution in [0.1, 0.15) is 67.7 Å². The summed E-state index contributed by atoms with van der Waals surface area (Å²) in [6, 6.07) is 0. The van der Waals surface area contributed by atoms with Gasteiger partial charge in [0.2, 0.25) is 0 Å². The first-order chi connectivity index (χ1) is 16.6. The van der Waals surface area contributed by atoms with Crippen molar-refractivity contribution in [3.05, 3.63) is 11.6 Å². The first kappa shape index (κ1) is 28.1. The molecule has 2 aliphatic carbocycles. The van der Waals surface area contributed by atoms with E-state index in [9.17, 15) is 29.4 Å². The van der Waals surface area contributed by atoms with E-state index < -0.39 is 83.2 Å². The number of aliphatic hydroxyl groups excluding tert-OH is 1. The number of rotatable bonds is 3. The summed E-state index contributed by atoms with van der Waals surface area (Å²) < 4.78 is 22.9. The molecule has 0 aromatic rings. The first-order valence-electron chi connectivity index (χ1n) is 12.4. The molecule has 0 spiro atoms. The topological polar surface area (TPSA) is 146 Å². The minimum Gasteiger partial charge on any atom is -0.462 e. The van der Waals surface area contributed by atoms with Crippen molar-refractivity contribution in [1.82, 2.24) is 0 Å². The molecule has 3 aliphatic rings. The average Bonchev–Trinajstić information content (AvgIpc) is 2.97. The van der Waals surface area contributed by atoms with Gasteiger partial charge >= 0.3 is 23.9 Å². The molecule has 0 amide bonds. The Bertz CT molecular complexity index is 943. The van der Waals surface area contributed by atoms with E-state index in [0.29, 0.717) is 12.8 Å². The predicted molar refractivity (Wildman–Crippen MR) is 125 cm³/mol. The normalized spacial score (nSPS) is 44.1. The van der Waals surface area contributed by atoms with Gasteiger partial charge in [0.05, 0.1) is 12.0 Å². The molecule has 0 aromatic heterocycles. The van der Waals surface area contributed by atoms with E-state index >= 15 is 0 Å². The highest BCUT2D eigenvalue weighted by atomic mass is 16.6. The van der Waals surface area contributed by atoms with E-state index in [1.54, 1.807) is 26.8 Å². The monoisotopic (exact) mass is 510 g/mol. The van der Waals surface area contributed by atoms with Crippen LogP contribution in [0, 0.1) is 23.2 Å². The van der Waals surface area contributed by atoms with Crippen LogP contribution in [0.3, 0.4) is 0 Å². The number of aliphatic hydroxyl groups is 2. The highest BCUT2D eigenvalue weighted by Gasteiger charge is 2.68. The predicted octanol–water partition coefficient (Wildman–Crippen LogP) is 1.84. The summed E-state index contributed by atoms with van der Waals surface area (Å²) in [6.07, 6.45) is -2.79. The number of esters is 4. The Morgan fingerprint density at radius 1 is 1.03 bits per heavy atom. The van der Waals surface area contributed by atoms with Crippen LogP contribution < -0.4 is 0 Å². The zero-order valence-corrected chi connectivity index (χ0v) is 22.0. The van der Waals surface area contributed by atoms with E-state index in [2.05, 4.69) is 0 Å². The Morgan fingerprint density at radius 3 is 2.14 bits per heavy atom. The van der Waals surface area contributed by atoms with Crippen molar-refractivity contribution in [3.8, 4) is 0 Å². The zero-order valence-electron chi connectivity index (χ0n) is 22.0. The number of allylic oxidation sites excluding steroid dienone is 1. The molecule has 0 aromatic carbocycles. The van der Waals surface area contributed by atoms with Crippen molar-refractivity contribution < 1.29 is 48.3 Å². The first-order valence-corrected chi connectivity index (χ1v) is 12.4. The second-order valence-electron chi connectivity index (χ2n) is 10.8. The molecule has 1 aliphatic heterocycles. The number of hydrogen-bond donors (Lipinski definition) is 2. The van der Waals surface area contributed by atoms with Gasteiger partial charge in [0, 0.05) is 38.5 Å². The smallest absolute Gasteiger partial charge is 0.312 e. The lowest BCUT2D eigenvalue weighted by atomic mass is 9.52. The molecule has 10 atom stereocenters. The van der Waals surface area contributed by atoms with Gasteiger partial charge in [-0.25, -0.2) is 0 Å². The van der Waals surface area contributed by atoms with Crippen LogP contribution in [-0.2, 0) is 38.1 Å². The molecule has 202 valence electrons. The molecule has 1 saturated heterocycles. The van der Waals surface area contributed by atoms with Crippen LogP contribution in [-0.4, -0.2) is 70.2 Å². The van der Waals surface area contributed by atoms with Crippen molar-refractivity contribution in [2.24, 2.45) is 23.2 Å². The number of ether oxygens (including phenoxy) is 4. The lowest BCUT2D eigenvalue weighted by Crippen LogP contribution is -2.68. The van der Waals surface area contributed by atoms with Crippen molar-refractivity contribution >= 4 is 23.9 Å². The molecular formula is C26H38O10. The van der Waals surface area contributed by atoms with Gasteiger partial charge in [-0.2, -0.15) is 0 Å². The Labute approximate surface area is 211 Å². The molecule has 0 radical (unpaired) electrons. The molecule has 36 heavy (non-hydrogen) atoms. The second-order valence-corrected chi connectivity index (χ2v) is 10.8. The van der Waals surface area contributed by atoms with Gasteiger partial charge < -0.3 is 29.2 Å². The fourth-order valence-electron chi connectivity index (χ4n) is 6.47. The largest absolute Gasteiger partial charge is 0.462 e. The summed E-state index contributed by atoms with van der Waals surface area (Å²) in [5.41, 5.74) is -2.44. The summed E-state index contributed by atoms with van der Waals surface area (Å²) in [7, 11) is 0. The van der Waals surface area contributed by atoms with Gasteiger partial charge in [-0.15, -0.1) is 0 Å². The minimum atomic E-state index is -2.00. The Hall–Kier alpha value is -2.46. The van der Waals surface area contributed by atoms with Crippen LogP contribution in [0.4, 0.5) is 0 Å². The summed E-state index contributed by atoms with van der Waals surface area (Å²) in [5, 5.41) is 23.3. The van der Waals surface area contributed by atoms with E-state index in [-0.39, 0.29) is 6.42 Å². The summed E-state index contributed by atoms with van der Waals surface area (Å²) in [6.45, 7) is 10.5. The zero-order chi connectivity index (χ0) is 27.2. The highest BCUT2D eigenvalue weighted by Crippen LogP contribution is 2.56. The molecule has 10 nitrogen and oxygen atoms in total. The van der Waals surface area contributed by atoms with E-state index in [1.807, 2.05) is 0 Å². The summed E-state index contributed by atoms with van der Waals surface area (Å²) in [5.74, 6) is -5.08. The fourth-order valence-corrected chi connectivity index (χ4v) is 6.47. The van der Waals surface area contributed by atoms with Crippen LogP contribution in [0.5, 0.6) is 0 Å². The third-order valence-corrected chi connectivity index (χ3v) is 8.41. The Balaban J connectivity index is 2.36.